The summed E-state index contributed by atoms with van der Waals surface area (Å²) in [6.07, 6.45) is 0. The second-order valence-electron chi connectivity index (χ2n) is 5.59. The zero-order chi connectivity index (χ0) is 16.7. The van der Waals surface area contributed by atoms with Crippen molar-refractivity contribution in [2.75, 3.05) is 0 Å². The molecule has 0 atom stereocenters. The first-order chi connectivity index (χ1) is 11.7. The molecule has 0 bridgehead atoms. The average Bonchev–Trinajstić information content (AvgIpc) is 2.75. The van der Waals surface area contributed by atoms with Gasteiger partial charge in [0, 0.05) is 11.1 Å². The van der Waals surface area contributed by atoms with E-state index >= 15 is 0 Å². The Labute approximate surface area is 138 Å². The summed E-state index contributed by atoms with van der Waals surface area (Å²) in [5.41, 5.74) is 11.8. The number of rotatable bonds is 1. The number of hydrazone groups is 1. The number of fused-ring (bicyclic) bond motifs is 3. The molecule has 0 amide bonds. The fourth-order valence-electron chi connectivity index (χ4n) is 3.00. The number of guanidine groups is 1. The molecule has 6 nitrogen and oxygen atoms in total. The van der Waals surface area contributed by atoms with Crippen molar-refractivity contribution in [1.82, 2.24) is 9.99 Å². The number of hydrogen-bond donors (Lipinski definition) is 3. The molecule has 0 saturated heterocycles. The lowest BCUT2D eigenvalue weighted by Gasteiger charge is -2.14. The van der Waals surface area contributed by atoms with E-state index in [-0.39, 0.29) is 11.5 Å². The first-order valence-electron chi connectivity index (χ1n) is 7.60. The fourth-order valence-corrected chi connectivity index (χ4v) is 3.00. The van der Waals surface area contributed by atoms with Crippen molar-refractivity contribution in [3.05, 3.63) is 70.5 Å². The van der Waals surface area contributed by atoms with E-state index in [1.807, 2.05) is 54.6 Å². The first-order valence-corrected chi connectivity index (χ1v) is 7.60. The number of para-hydroxylation sites is 2. The van der Waals surface area contributed by atoms with Crippen LogP contribution in [0.25, 0.3) is 16.6 Å². The Hall–Kier alpha value is -3.41. The Balaban J connectivity index is 2.23. The molecule has 0 saturated carbocycles. The number of aromatic nitrogens is 1. The smallest absolute Gasteiger partial charge is 0.289 e. The molecule has 0 spiro atoms. The van der Waals surface area contributed by atoms with Gasteiger partial charge in [-0.15, -0.1) is 5.10 Å². The number of pyridine rings is 1. The summed E-state index contributed by atoms with van der Waals surface area (Å²) >= 11 is 0. The van der Waals surface area contributed by atoms with Crippen molar-refractivity contribution >= 4 is 28.3 Å². The van der Waals surface area contributed by atoms with Gasteiger partial charge in [0.05, 0.1) is 11.2 Å². The normalized spacial score (nSPS) is 13.5. The summed E-state index contributed by atoms with van der Waals surface area (Å²) in [4.78, 5) is 16.3. The molecular weight excluding hydrogens is 302 g/mol. The molecule has 0 radical (unpaired) electrons. The van der Waals surface area contributed by atoms with Crippen LogP contribution in [0.2, 0.25) is 0 Å². The number of hydrogen-bond acceptors (Lipinski definition) is 4. The van der Waals surface area contributed by atoms with Crippen LogP contribution in [-0.2, 0) is 0 Å². The number of nitrogens with zero attached hydrogens (tertiary/aromatic N) is 2. The predicted octanol–water partition coefficient (Wildman–Crippen LogP) is 0.345. The van der Waals surface area contributed by atoms with Gasteiger partial charge >= 0.3 is 5.96 Å². The summed E-state index contributed by atoms with van der Waals surface area (Å²) in [7, 11) is 0. The third-order valence-corrected chi connectivity index (χ3v) is 4.06. The maximum Gasteiger partial charge on any atom is 0.370 e. The van der Waals surface area contributed by atoms with Crippen LogP contribution < -0.4 is 21.7 Å². The second kappa shape index (κ2) is 5.34. The van der Waals surface area contributed by atoms with E-state index in [1.54, 1.807) is 11.5 Å². The van der Waals surface area contributed by atoms with Crippen LogP contribution in [0, 0.1) is 0 Å². The maximum atomic E-state index is 13.3. The van der Waals surface area contributed by atoms with Gasteiger partial charge in [-0.05, 0) is 31.2 Å². The van der Waals surface area contributed by atoms with Gasteiger partial charge in [0.1, 0.15) is 11.3 Å². The summed E-state index contributed by atoms with van der Waals surface area (Å²) < 4.78 is 1.70. The van der Waals surface area contributed by atoms with Crippen molar-refractivity contribution in [1.29, 1.82) is 0 Å². The Kier molecular flexibility index (Phi) is 3.16. The lowest BCUT2D eigenvalue weighted by atomic mass is 10.0. The van der Waals surface area contributed by atoms with Crippen LogP contribution in [0.5, 0.6) is 0 Å². The molecule has 0 fully saturated rings. The third-order valence-electron chi connectivity index (χ3n) is 4.06. The number of nitrogens with two attached hydrogens (primary N) is 1. The standard InChI is InChI=1S/C18H15N5O/c1-11-15-16(20-18(19)22-21-11)13-9-5-6-10-14(13)23(17(15)24)12-7-3-2-4-8-12/h2-10H,1H3,(H3,19,20,22)/p+1. The lowest BCUT2D eigenvalue weighted by Crippen LogP contribution is -2.73. The Morgan fingerprint density at radius 3 is 2.58 bits per heavy atom. The van der Waals surface area contributed by atoms with Gasteiger partial charge in [-0.1, -0.05) is 30.3 Å². The second-order valence-corrected chi connectivity index (χ2v) is 5.59. The molecule has 1 aromatic heterocycles. The number of benzene rings is 2. The zero-order valence-electron chi connectivity index (χ0n) is 13.1. The highest BCUT2D eigenvalue weighted by Crippen LogP contribution is 2.24. The Bertz CT molecular complexity index is 1060. The average molecular weight is 318 g/mol. The Morgan fingerprint density at radius 1 is 1.08 bits per heavy atom. The van der Waals surface area contributed by atoms with Crippen LogP contribution in [0.15, 0.2) is 64.5 Å². The van der Waals surface area contributed by atoms with Gasteiger partial charge in [-0.2, -0.15) is 5.43 Å². The first kappa shape index (κ1) is 14.2. The van der Waals surface area contributed by atoms with E-state index in [0.29, 0.717) is 17.0 Å². The quantitative estimate of drug-likeness (QED) is 0.605. The highest BCUT2D eigenvalue weighted by Gasteiger charge is 2.23. The molecule has 6 heteroatoms. The van der Waals surface area contributed by atoms with Gasteiger partial charge in [0.25, 0.3) is 5.56 Å². The van der Waals surface area contributed by atoms with Crippen LogP contribution in [0.4, 0.5) is 5.69 Å². The highest BCUT2D eigenvalue weighted by atomic mass is 16.1. The zero-order valence-corrected chi connectivity index (χ0v) is 13.1. The minimum atomic E-state index is -0.139. The summed E-state index contributed by atoms with van der Waals surface area (Å²) in [5.74, 6) is 0.287. The van der Waals surface area contributed by atoms with Crippen molar-refractivity contribution < 1.29 is 4.99 Å². The monoisotopic (exact) mass is 318 g/mol. The summed E-state index contributed by atoms with van der Waals surface area (Å²) in [5, 5.41) is 5.08. The lowest BCUT2D eigenvalue weighted by molar-refractivity contribution is -0.355. The highest BCUT2D eigenvalue weighted by molar-refractivity contribution is 6.08. The van der Waals surface area contributed by atoms with Crippen molar-refractivity contribution in [3.8, 4) is 5.69 Å². The molecule has 3 aromatic rings. The molecule has 1 aliphatic rings. The van der Waals surface area contributed by atoms with Gasteiger partial charge in [0.15, 0.2) is 0 Å². The summed E-state index contributed by atoms with van der Waals surface area (Å²) in [6.45, 7) is 1.79. The molecule has 0 unspecified atom stereocenters. The molecule has 4 N–H and O–H groups in total. The molecule has 1 aliphatic heterocycles. The van der Waals surface area contributed by atoms with E-state index in [1.165, 1.54) is 0 Å². The molecule has 2 heterocycles. The molecule has 24 heavy (non-hydrogen) atoms. The minimum absolute atomic E-state index is 0.139. The summed E-state index contributed by atoms with van der Waals surface area (Å²) in [6, 6.07) is 17.3. The van der Waals surface area contributed by atoms with E-state index in [9.17, 15) is 4.79 Å². The molecule has 4 rings (SSSR count). The molecule has 118 valence electrons. The van der Waals surface area contributed by atoms with Gasteiger partial charge < -0.3 is 0 Å². The van der Waals surface area contributed by atoms with E-state index in [2.05, 4.69) is 15.5 Å². The molecule has 2 aromatic carbocycles. The SMILES string of the molecule is CC1=NNC(N)=[NH+]c2c1c(=O)n(-c1ccccc1)c1ccccc21. The van der Waals surface area contributed by atoms with Crippen molar-refractivity contribution in [2.24, 2.45) is 10.8 Å². The third kappa shape index (κ3) is 2.08. The van der Waals surface area contributed by atoms with Crippen molar-refractivity contribution in [2.45, 2.75) is 6.92 Å². The van der Waals surface area contributed by atoms with E-state index in [4.69, 9.17) is 5.73 Å². The molecule has 0 aliphatic carbocycles. The van der Waals surface area contributed by atoms with Crippen LogP contribution in [-0.4, -0.2) is 16.2 Å². The van der Waals surface area contributed by atoms with E-state index < -0.39 is 0 Å². The van der Waals surface area contributed by atoms with Crippen LogP contribution >= 0.6 is 0 Å². The maximum absolute atomic E-state index is 13.3. The van der Waals surface area contributed by atoms with Gasteiger partial charge in [-0.3, -0.25) is 15.1 Å². The van der Waals surface area contributed by atoms with Crippen LogP contribution in [0.3, 0.4) is 0 Å². The fraction of sp³-hybridized carbons (Fsp3) is 0.0556. The van der Waals surface area contributed by atoms with Gasteiger partial charge in [0.2, 0.25) is 0 Å². The van der Waals surface area contributed by atoms with Crippen molar-refractivity contribution in [3.63, 3.8) is 0 Å². The van der Waals surface area contributed by atoms with Gasteiger partial charge in [-0.25, -0.2) is 4.99 Å². The topological polar surface area (TPSA) is 86.4 Å². The van der Waals surface area contributed by atoms with E-state index in [0.717, 1.165) is 16.6 Å². The molecular formula is C18H16N5O+. The number of nitrogens with one attached hydrogen (secondary N) is 2. The largest absolute Gasteiger partial charge is 0.370 e. The van der Waals surface area contributed by atoms with Crippen LogP contribution in [0.1, 0.15) is 12.5 Å². The Morgan fingerprint density at radius 2 is 1.79 bits per heavy atom. The predicted molar refractivity (Wildman–Crippen MR) is 94.7 cm³/mol. The minimum Gasteiger partial charge on any atom is -0.289 e.